The van der Waals surface area contributed by atoms with Crippen molar-refractivity contribution in [3.05, 3.63) is 42.1 Å². The summed E-state index contributed by atoms with van der Waals surface area (Å²) in [6.45, 7) is 3.82. The van der Waals surface area contributed by atoms with E-state index in [9.17, 15) is 0 Å². The number of anilines is 2. The van der Waals surface area contributed by atoms with Gasteiger partial charge in [-0.3, -0.25) is 0 Å². The van der Waals surface area contributed by atoms with Crippen LogP contribution in [0.1, 0.15) is 24.6 Å². The van der Waals surface area contributed by atoms with E-state index >= 15 is 0 Å². The van der Waals surface area contributed by atoms with E-state index in [2.05, 4.69) is 20.3 Å². The summed E-state index contributed by atoms with van der Waals surface area (Å²) in [6, 6.07) is 7.59. The molecule has 6 heteroatoms. The molecular weight excluding hydrogens is 254 g/mol. The molecule has 0 aliphatic carbocycles. The van der Waals surface area contributed by atoms with Crippen molar-refractivity contribution in [2.75, 3.05) is 11.1 Å². The Hall–Kier alpha value is -2.63. The van der Waals surface area contributed by atoms with Crippen molar-refractivity contribution in [3.8, 4) is 0 Å². The van der Waals surface area contributed by atoms with Crippen LogP contribution in [-0.2, 0) is 0 Å². The zero-order chi connectivity index (χ0) is 14.1. The lowest BCUT2D eigenvalue weighted by atomic mass is 10.2. The summed E-state index contributed by atoms with van der Waals surface area (Å²) in [6.07, 6.45) is 1.69. The van der Waals surface area contributed by atoms with Crippen LogP contribution in [0.2, 0.25) is 0 Å². The lowest BCUT2D eigenvalue weighted by molar-refractivity contribution is 0.453. The molecule has 1 atom stereocenters. The molecule has 0 aliphatic rings. The molecule has 2 aromatic heterocycles. The lowest BCUT2D eigenvalue weighted by Gasteiger charge is -2.13. The maximum Gasteiger partial charge on any atom is 0.222 e. The Balaban J connectivity index is 1.98. The molecule has 0 radical (unpaired) electrons. The Morgan fingerprint density at radius 3 is 2.80 bits per heavy atom. The third-order valence-corrected chi connectivity index (χ3v) is 2.98. The SMILES string of the molecule is Cc1cnc(C(C)Nc2nc(N)nc3ccccc23)o1. The van der Waals surface area contributed by atoms with Crippen LogP contribution < -0.4 is 11.1 Å². The average Bonchev–Trinajstić information content (AvgIpc) is 2.85. The van der Waals surface area contributed by atoms with E-state index in [1.165, 1.54) is 0 Å². The van der Waals surface area contributed by atoms with Gasteiger partial charge < -0.3 is 15.5 Å². The van der Waals surface area contributed by atoms with Gasteiger partial charge in [0, 0.05) is 5.39 Å². The van der Waals surface area contributed by atoms with E-state index in [1.54, 1.807) is 6.20 Å². The fraction of sp³-hybridized carbons (Fsp3) is 0.214. The van der Waals surface area contributed by atoms with Gasteiger partial charge in [-0.25, -0.2) is 9.97 Å². The fourth-order valence-electron chi connectivity index (χ4n) is 2.04. The predicted molar refractivity (Wildman–Crippen MR) is 77.2 cm³/mol. The Bertz CT molecular complexity index is 752. The molecule has 3 N–H and O–H groups in total. The molecule has 3 rings (SSSR count). The van der Waals surface area contributed by atoms with Crippen molar-refractivity contribution >= 4 is 22.7 Å². The van der Waals surface area contributed by atoms with Gasteiger partial charge >= 0.3 is 0 Å². The first-order valence-electron chi connectivity index (χ1n) is 6.34. The van der Waals surface area contributed by atoms with E-state index in [-0.39, 0.29) is 12.0 Å². The van der Waals surface area contributed by atoms with Crippen molar-refractivity contribution in [1.29, 1.82) is 0 Å². The average molecular weight is 269 g/mol. The van der Waals surface area contributed by atoms with Gasteiger partial charge in [-0.15, -0.1) is 0 Å². The second-order valence-electron chi connectivity index (χ2n) is 4.62. The van der Waals surface area contributed by atoms with E-state index in [0.29, 0.717) is 11.7 Å². The number of aryl methyl sites for hydroxylation is 1. The Morgan fingerprint density at radius 1 is 1.25 bits per heavy atom. The van der Waals surface area contributed by atoms with E-state index in [0.717, 1.165) is 16.7 Å². The van der Waals surface area contributed by atoms with Crippen LogP contribution in [0.5, 0.6) is 0 Å². The molecule has 0 bridgehead atoms. The molecule has 1 unspecified atom stereocenters. The monoisotopic (exact) mass is 269 g/mol. The zero-order valence-electron chi connectivity index (χ0n) is 11.3. The van der Waals surface area contributed by atoms with Gasteiger partial charge in [-0.2, -0.15) is 4.98 Å². The van der Waals surface area contributed by atoms with Crippen molar-refractivity contribution in [3.63, 3.8) is 0 Å². The lowest BCUT2D eigenvalue weighted by Crippen LogP contribution is -2.10. The number of para-hydroxylation sites is 1. The number of hydrogen-bond acceptors (Lipinski definition) is 6. The number of fused-ring (bicyclic) bond motifs is 1. The third-order valence-electron chi connectivity index (χ3n) is 2.98. The van der Waals surface area contributed by atoms with E-state index < -0.39 is 0 Å². The summed E-state index contributed by atoms with van der Waals surface area (Å²) < 4.78 is 5.51. The molecule has 3 aromatic rings. The molecule has 0 saturated carbocycles. The van der Waals surface area contributed by atoms with Gasteiger partial charge in [-0.1, -0.05) is 12.1 Å². The molecule has 6 nitrogen and oxygen atoms in total. The normalized spacial score (nSPS) is 12.5. The summed E-state index contributed by atoms with van der Waals surface area (Å²) in [5.74, 6) is 2.31. The van der Waals surface area contributed by atoms with Crippen molar-refractivity contribution in [1.82, 2.24) is 15.0 Å². The highest BCUT2D eigenvalue weighted by Gasteiger charge is 2.14. The summed E-state index contributed by atoms with van der Waals surface area (Å²) in [5, 5.41) is 4.18. The van der Waals surface area contributed by atoms with E-state index in [4.69, 9.17) is 10.2 Å². The number of nitrogens with one attached hydrogen (secondary N) is 1. The largest absolute Gasteiger partial charge is 0.444 e. The molecule has 0 aliphatic heterocycles. The Labute approximate surface area is 116 Å². The molecule has 1 aromatic carbocycles. The highest BCUT2D eigenvalue weighted by molar-refractivity contribution is 5.89. The molecule has 20 heavy (non-hydrogen) atoms. The highest BCUT2D eigenvalue weighted by Crippen LogP contribution is 2.25. The standard InChI is InChI=1S/C14H15N5O/c1-8-7-16-13(20-8)9(2)17-12-10-5-3-4-6-11(10)18-14(15)19-12/h3-7,9H,1-2H3,(H3,15,17,18,19). The number of nitrogens with zero attached hydrogens (tertiary/aromatic N) is 3. The van der Waals surface area contributed by atoms with Crippen LogP contribution in [0.15, 0.2) is 34.9 Å². The van der Waals surface area contributed by atoms with Crippen LogP contribution in [0.3, 0.4) is 0 Å². The minimum absolute atomic E-state index is 0.110. The van der Waals surface area contributed by atoms with E-state index in [1.807, 2.05) is 38.1 Å². The second kappa shape index (κ2) is 4.80. The molecular formula is C14H15N5O. The molecule has 0 spiro atoms. The fourth-order valence-corrected chi connectivity index (χ4v) is 2.04. The van der Waals surface area contributed by atoms with Crippen molar-refractivity contribution in [2.24, 2.45) is 0 Å². The third kappa shape index (κ3) is 2.27. The number of benzene rings is 1. The van der Waals surface area contributed by atoms with Gasteiger partial charge in [0.25, 0.3) is 0 Å². The Morgan fingerprint density at radius 2 is 2.05 bits per heavy atom. The molecule has 0 amide bonds. The summed E-state index contributed by atoms with van der Waals surface area (Å²) >= 11 is 0. The summed E-state index contributed by atoms with van der Waals surface area (Å²) in [7, 11) is 0. The van der Waals surface area contributed by atoms with Crippen LogP contribution in [0, 0.1) is 6.92 Å². The minimum Gasteiger partial charge on any atom is -0.444 e. The highest BCUT2D eigenvalue weighted by atomic mass is 16.4. The summed E-state index contributed by atoms with van der Waals surface area (Å²) in [5.41, 5.74) is 6.55. The Kier molecular flexibility index (Phi) is 2.98. The van der Waals surface area contributed by atoms with Crippen molar-refractivity contribution in [2.45, 2.75) is 19.9 Å². The van der Waals surface area contributed by atoms with Gasteiger partial charge in [0.1, 0.15) is 17.6 Å². The van der Waals surface area contributed by atoms with Crippen LogP contribution >= 0.6 is 0 Å². The van der Waals surface area contributed by atoms with Gasteiger partial charge in [-0.05, 0) is 26.0 Å². The number of rotatable bonds is 3. The first kappa shape index (κ1) is 12.4. The van der Waals surface area contributed by atoms with Crippen LogP contribution in [0.25, 0.3) is 10.9 Å². The maximum atomic E-state index is 5.74. The summed E-state index contributed by atoms with van der Waals surface area (Å²) in [4.78, 5) is 12.7. The topological polar surface area (TPSA) is 89.9 Å². The first-order chi connectivity index (χ1) is 9.63. The number of nitrogen functional groups attached to an aromatic ring is 1. The number of hydrogen-bond donors (Lipinski definition) is 2. The quantitative estimate of drug-likeness (QED) is 0.759. The molecule has 102 valence electrons. The van der Waals surface area contributed by atoms with Gasteiger partial charge in [0.15, 0.2) is 0 Å². The zero-order valence-corrected chi connectivity index (χ0v) is 11.3. The predicted octanol–water partition coefficient (Wildman–Crippen LogP) is 2.68. The van der Waals surface area contributed by atoms with Crippen molar-refractivity contribution < 1.29 is 4.42 Å². The number of nitrogens with two attached hydrogens (primary N) is 1. The minimum atomic E-state index is -0.110. The number of oxazole rings is 1. The molecule has 2 heterocycles. The van der Waals surface area contributed by atoms with Gasteiger partial charge in [0.2, 0.25) is 11.8 Å². The second-order valence-corrected chi connectivity index (χ2v) is 4.62. The van der Waals surface area contributed by atoms with Crippen LogP contribution in [-0.4, -0.2) is 15.0 Å². The number of aromatic nitrogens is 3. The maximum absolute atomic E-state index is 5.74. The molecule has 0 fully saturated rings. The first-order valence-corrected chi connectivity index (χ1v) is 6.34. The smallest absolute Gasteiger partial charge is 0.222 e. The molecule has 0 saturated heterocycles. The van der Waals surface area contributed by atoms with Crippen LogP contribution in [0.4, 0.5) is 11.8 Å². The van der Waals surface area contributed by atoms with Gasteiger partial charge in [0.05, 0.1) is 11.7 Å².